The molecule has 1 heterocycles. The molecule has 150 valence electrons. The molecule has 1 saturated heterocycles. The Labute approximate surface area is 155 Å². The lowest BCUT2D eigenvalue weighted by molar-refractivity contribution is -0.132. The fraction of sp³-hybridized carbons (Fsp3) is 0.875. The molecule has 1 aliphatic heterocycles. The molecule has 2 unspecified atom stereocenters. The summed E-state index contributed by atoms with van der Waals surface area (Å²) in [5.74, 6) is 0.0895. The molecule has 2 amide bonds. The fourth-order valence-electron chi connectivity index (χ4n) is 3.02. The molecular weight excluding hydrogens is 359 g/mol. The van der Waals surface area contributed by atoms with E-state index < -0.39 is 8.25 Å². The van der Waals surface area contributed by atoms with Crippen molar-refractivity contribution >= 4 is 20.1 Å². The third-order valence-corrected chi connectivity index (χ3v) is 4.82. The van der Waals surface area contributed by atoms with Crippen LogP contribution in [0.15, 0.2) is 5.11 Å². The summed E-state index contributed by atoms with van der Waals surface area (Å²) < 4.78 is 15.4. The van der Waals surface area contributed by atoms with Crippen LogP contribution in [-0.4, -0.2) is 53.9 Å². The summed E-state index contributed by atoms with van der Waals surface area (Å²) >= 11 is 0. The Bertz CT molecular complexity index is 478. The van der Waals surface area contributed by atoms with E-state index in [2.05, 4.69) is 10.4 Å². The summed E-state index contributed by atoms with van der Waals surface area (Å²) in [6.07, 6.45) is 6.59. The normalized spacial score (nSPS) is 17.9. The number of carbonyl (C=O) groups excluding carboxylic acids is 2. The van der Waals surface area contributed by atoms with Crippen LogP contribution >= 0.6 is 8.25 Å². The first-order valence-electron chi connectivity index (χ1n) is 9.29. The van der Waals surface area contributed by atoms with Gasteiger partial charge < -0.3 is 19.6 Å². The third-order valence-electron chi connectivity index (χ3n) is 4.41. The molecule has 0 aromatic carbocycles. The maximum absolute atomic E-state index is 12.3. The average molecular weight is 390 g/mol. The maximum atomic E-state index is 12.3. The lowest BCUT2D eigenvalue weighted by Crippen LogP contribution is -2.37. The minimum atomic E-state index is -2.95. The SMILES string of the molecule is N=NCCCCC(=O)NCCCCCC(=O)N1CCCC1CO[PH](=O)O. The lowest BCUT2D eigenvalue weighted by atomic mass is 10.1. The van der Waals surface area contributed by atoms with E-state index in [1.54, 1.807) is 4.90 Å². The second-order valence-electron chi connectivity index (χ2n) is 6.46. The van der Waals surface area contributed by atoms with E-state index in [0.29, 0.717) is 32.5 Å². The highest BCUT2D eigenvalue weighted by Gasteiger charge is 2.28. The largest absolute Gasteiger partial charge is 0.356 e. The van der Waals surface area contributed by atoms with Crippen molar-refractivity contribution in [3.05, 3.63) is 0 Å². The quantitative estimate of drug-likeness (QED) is 0.238. The van der Waals surface area contributed by atoms with Gasteiger partial charge in [-0.1, -0.05) is 6.42 Å². The molecule has 0 saturated carbocycles. The van der Waals surface area contributed by atoms with Gasteiger partial charge in [0.1, 0.15) is 0 Å². The molecule has 10 heteroatoms. The standard InChI is InChI=1S/C16H31N4O5P/c17-19-11-5-3-8-15(21)18-10-4-1-2-9-16(22)20-12-6-7-14(20)13-25-26(23)24/h14,17,26H,1-13H2,(H,18,21)(H,23,24). The number of likely N-dealkylation sites (tertiary alicyclic amines) is 1. The van der Waals surface area contributed by atoms with E-state index in [0.717, 1.165) is 44.9 Å². The summed E-state index contributed by atoms with van der Waals surface area (Å²) in [7, 11) is -2.95. The number of carbonyl (C=O) groups is 2. The molecule has 1 fully saturated rings. The zero-order valence-electron chi connectivity index (χ0n) is 15.2. The van der Waals surface area contributed by atoms with Gasteiger partial charge in [-0.3, -0.25) is 14.2 Å². The number of unbranched alkanes of at least 4 members (excludes halogenated alkanes) is 3. The van der Waals surface area contributed by atoms with Gasteiger partial charge >= 0.3 is 8.25 Å². The van der Waals surface area contributed by atoms with E-state index in [4.69, 9.17) is 14.9 Å². The van der Waals surface area contributed by atoms with E-state index in [1.807, 2.05) is 0 Å². The highest BCUT2D eigenvalue weighted by molar-refractivity contribution is 7.32. The molecule has 0 aliphatic carbocycles. The van der Waals surface area contributed by atoms with Gasteiger partial charge in [-0.2, -0.15) is 5.11 Å². The van der Waals surface area contributed by atoms with Gasteiger partial charge in [0.2, 0.25) is 11.8 Å². The molecule has 0 spiro atoms. The van der Waals surface area contributed by atoms with Crippen molar-refractivity contribution in [2.24, 2.45) is 5.11 Å². The Kier molecular flexibility index (Phi) is 12.1. The fourth-order valence-corrected chi connectivity index (χ4v) is 3.35. The molecule has 1 aliphatic rings. The Hall–Kier alpha value is -1.31. The summed E-state index contributed by atoms with van der Waals surface area (Å²) in [4.78, 5) is 34.3. The minimum Gasteiger partial charge on any atom is -0.356 e. The van der Waals surface area contributed by atoms with Crippen LogP contribution in [-0.2, 0) is 18.7 Å². The smallest absolute Gasteiger partial charge is 0.316 e. The predicted molar refractivity (Wildman–Crippen MR) is 97.3 cm³/mol. The molecule has 9 nitrogen and oxygen atoms in total. The Balaban J connectivity index is 2.06. The maximum Gasteiger partial charge on any atom is 0.316 e. The predicted octanol–water partition coefficient (Wildman–Crippen LogP) is 2.25. The number of amides is 2. The molecule has 0 bridgehead atoms. The summed E-state index contributed by atoms with van der Waals surface area (Å²) in [5.41, 5.74) is 6.67. The zero-order chi connectivity index (χ0) is 19.2. The molecule has 3 N–H and O–H groups in total. The first-order valence-corrected chi connectivity index (χ1v) is 10.6. The van der Waals surface area contributed by atoms with Crippen LogP contribution in [0.25, 0.3) is 0 Å². The van der Waals surface area contributed by atoms with E-state index in [1.165, 1.54) is 0 Å². The van der Waals surface area contributed by atoms with Gasteiger partial charge in [0.05, 0.1) is 19.2 Å². The van der Waals surface area contributed by atoms with Crippen LogP contribution in [0.1, 0.15) is 57.8 Å². The first kappa shape index (κ1) is 22.7. The third kappa shape index (κ3) is 9.99. The van der Waals surface area contributed by atoms with Crippen molar-refractivity contribution in [1.29, 1.82) is 5.53 Å². The van der Waals surface area contributed by atoms with Crippen LogP contribution in [0.5, 0.6) is 0 Å². The summed E-state index contributed by atoms with van der Waals surface area (Å²) in [5, 5.41) is 6.11. The molecule has 0 aromatic rings. The molecule has 0 radical (unpaired) electrons. The van der Waals surface area contributed by atoms with Crippen molar-refractivity contribution < 1.29 is 23.6 Å². The zero-order valence-corrected chi connectivity index (χ0v) is 16.2. The topological polar surface area (TPSA) is 132 Å². The van der Waals surface area contributed by atoms with E-state index in [-0.39, 0.29) is 24.5 Å². The van der Waals surface area contributed by atoms with Crippen molar-refractivity contribution in [2.45, 2.75) is 63.8 Å². The number of rotatable bonds is 14. The van der Waals surface area contributed by atoms with Crippen molar-refractivity contribution in [3.63, 3.8) is 0 Å². The number of hydrogen-bond donors (Lipinski definition) is 3. The van der Waals surface area contributed by atoms with Crippen molar-refractivity contribution in [1.82, 2.24) is 10.2 Å². The van der Waals surface area contributed by atoms with Crippen LogP contribution in [0.4, 0.5) is 0 Å². The Morgan fingerprint density at radius 3 is 2.73 bits per heavy atom. The summed E-state index contributed by atoms with van der Waals surface area (Å²) in [6, 6.07) is -0.0919. The van der Waals surface area contributed by atoms with Gasteiger partial charge in [0, 0.05) is 25.9 Å². The summed E-state index contributed by atoms with van der Waals surface area (Å²) in [6.45, 7) is 1.90. The van der Waals surface area contributed by atoms with Gasteiger partial charge in [-0.05, 0) is 38.5 Å². The monoisotopic (exact) mass is 390 g/mol. The van der Waals surface area contributed by atoms with Crippen molar-refractivity contribution in [3.8, 4) is 0 Å². The molecule has 0 aromatic heterocycles. The van der Waals surface area contributed by atoms with Crippen LogP contribution in [0, 0.1) is 5.53 Å². The molecule has 2 atom stereocenters. The Morgan fingerprint density at radius 1 is 1.23 bits per heavy atom. The average Bonchev–Trinajstić information content (AvgIpc) is 3.08. The van der Waals surface area contributed by atoms with Gasteiger partial charge in [-0.25, -0.2) is 5.53 Å². The van der Waals surface area contributed by atoms with Crippen LogP contribution in [0.3, 0.4) is 0 Å². The minimum absolute atomic E-state index is 0.0223. The second-order valence-corrected chi connectivity index (χ2v) is 7.28. The molecule has 1 rings (SSSR count). The number of nitrogens with zero attached hydrogens (tertiary/aromatic N) is 2. The highest BCUT2D eigenvalue weighted by atomic mass is 31.1. The van der Waals surface area contributed by atoms with Crippen LogP contribution < -0.4 is 5.32 Å². The van der Waals surface area contributed by atoms with Crippen molar-refractivity contribution in [2.75, 3.05) is 26.2 Å². The number of nitrogens with one attached hydrogen (secondary N) is 2. The number of hydrogen-bond acceptors (Lipinski definition) is 6. The molecular formula is C16H31N4O5P. The van der Waals surface area contributed by atoms with E-state index in [9.17, 15) is 14.2 Å². The van der Waals surface area contributed by atoms with Gasteiger partial charge in [0.15, 0.2) is 0 Å². The first-order chi connectivity index (χ1) is 12.5. The lowest BCUT2D eigenvalue weighted by Gasteiger charge is -2.24. The second kappa shape index (κ2) is 13.8. The van der Waals surface area contributed by atoms with Gasteiger partial charge in [-0.15, -0.1) is 0 Å². The Morgan fingerprint density at radius 2 is 2.00 bits per heavy atom. The van der Waals surface area contributed by atoms with E-state index >= 15 is 0 Å². The van der Waals surface area contributed by atoms with Crippen LogP contribution in [0.2, 0.25) is 0 Å². The highest BCUT2D eigenvalue weighted by Crippen LogP contribution is 2.23. The van der Waals surface area contributed by atoms with Gasteiger partial charge in [0.25, 0.3) is 0 Å². The molecule has 26 heavy (non-hydrogen) atoms.